The fourth-order valence-electron chi connectivity index (χ4n) is 2.83. The molecule has 0 bridgehead atoms. The van der Waals surface area contributed by atoms with Gasteiger partial charge in [-0.2, -0.15) is 5.10 Å². The molecule has 5 nitrogen and oxygen atoms in total. The first-order valence-electron chi connectivity index (χ1n) is 7.97. The second-order valence-corrected chi connectivity index (χ2v) is 6.38. The third-order valence-electron chi connectivity index (χ3n) is 4.17. The molecule has 1 aromatic heterocycles. The van der Waals surface area contributed by atoms with E-state index in [1.807, 2.05) is 30.3 Å². The average Bonchev–Trinajstić information content (AvgIpc) is 3.20. The Balaban J connectivity index is 0.00000208. The second-order valence-electron chi connectivity index (χ2n) is 5.95. The van der Waals surface area contributed by atoms with Gasteiger partial charge in [0.2, 0.25) is 5.91 Å². The molecule has 1 aliphatic rings. The number of aromatic nitrogens is 2. The van der Waals surface area contributed by atoms with Crippen LogP contribution < -0.4 is 10.6 Å². The lowest BCUT2D eigenvalue weighted by Crippen LogP contribution is -2.17. The number of halogens is 2. The monoisotopic (exact) mass is 368 g/mol. The smallest absolute Gasteiger partial charge is 0.225 e. The molecular weight excluding hydrogens is 347 g/mol. The molecule has 24 heavy (non-hydrogen) atoms. The molecule has 1 aliphatic heterocycles. The van der Waals surface area contributed by atoms with Crippen LogP contribution in [0.1, 0.15) is 24.8 Å². The van der Waals surface area contributed by atoms with Crippen LogP contribution >= 0.6 is 24.0 Å². The maximum atomic E-state index is 12.1. The van der Waals surface area contributed by atoms with Crippen molar-refractivity contribution in [1.82, 2.24) is 15.1 Å². The van der Waals surface area contributed by atoms with Gasteiger partial charge in [0, 0.05) is 17.5 Å². The molecular formula is C17H22Cl2N4O. The zero-order valence-electron chi connectivity index (χ0n) is 13.4. The molecule has 7 heteroatoms. The Bertz CT molecular complexity index is 651. The zero-order chi connectivity index (χ0) is 16.1. The first-order valence-corrected chi connectivity index (χ1v) is 8.35. The molecule has 0 radical (unpaired) electrons. The number of anilines is 1. The van der Waals surface area contributed by atoms with E-state index in [-0.39, 0.29) is 18.3 Å². The van der Waals surface area contributed by atoms with Crippen molar-refractivity contribution in [2.45, 2.75) is 25.8 Å². The van der Waals surface area contributed by atoms with Gasteiger partial charge < -0.3 is 10.6 Å². The minimum atomic E-state index is 0. The molecule has 3 rings (SSSR count). The summed E-state index contributed by atoms with van der Waals surface area (Å²) in [5.41, 5.74) is 1.09. The molecule has 1 unspecified atom stereocenters. The molecule has 1 saturated heterocycles. The van der Waals surface area contributed by atoms with Gasteiger partial charge in [-0.25, -0.2) is 4.68 Å². The molecule has 130 valence electrons. The van der Waals surface area contributed by atoms with E-state index in [0.29, 0.717) is 23.9 Å². The molecule has 0 saturated carbocycles. The first-order chi connectivity index (χ1) is 11.2. The van der Waals surface area contributed by atoms with Crippen molar-refractivity contribution in [3.63, 3.8) is 0 Å². The molecule has 2 aromatic rings. The van der Waals surface area contributed by atoms with Crippen molar-refractivity contribution in [3.8, 4) is 0 Å². The molecule has 1 atom stereocenters. The van der Waals surface area contributed by atoms with Crippen LogP contribution in [0.25, 0.3) is 0 Å². The number of amides is 1. The van der Waals surface area contributed by atoms with E-state index < -0.39 is 0 Å². The van der Waals surface area contributed by atoms with Crippen LogP contribution in [0.3, 0.4) is 0 Å². The lowest BCUT2D eigenvalue weighted by molar-refractivity contribution is -0.116. The Morgan fingerprint density at radius 2 is 2.12 bits per heavy atom. The van der Waals surface area contributed by atoms with E-state index in [4.69, 9.17) is 11.6 Å². The van der Waals surface area contributed by atoms with Gasteiger partial charge in [0.25, 0.3) is 0 Å². The van der Waals surface area contributed by atoms with Crippen molar-refractivity contribution in [3.05, 3.63) is 47.1 Å². The third-order valence-corrected chi connectivity index (χ3v) is 4.42. The predicted octanol–water partition coefficient (Wildman–Crippen LogP) is 3.33. The number of nitrogens with zero attached hydrogens (tertiary/aromatic N) is 2. The molecule has 1 fully saturated rings. The molecule has 1 aromatic carbocycles. The predicted molar refractivity (Wildman–Crippen MR) is 98.9 cm³/mol. The van der Waals surface area contributed by atoms with Crippen molar-refractivity contribution >= 4 is 35.7 Å². The molecule has 2 N–H and O–H groups in total. The van der Waals surface area contributed by atoms with Gasteiger partial charge in [-0.15, -0.1) is 12.4 Å². The Morgan fingerprint density at radius 3 is 2.83 bits per heavy atom. The van der Waals surface area contributed by atoms with Crippen LogP contribution in [0.5, 0.6) is 0 Å². The van der Waals surface area contributed by atoms with E-state index in [1.54, 1.807) is 10.9 Å². The summed E-state index contributed by atoms with van der Waals surface area (Å²) >= 11 is 5.90. The van der Waals surface area contributed by atoms with Crippen molar-refractivity contribution in [1.29, 1.82) is 0 Å². The van der Waals surface area contributed by atoms with E-state index in [9.17, 15) is 4.79 Å². The van der Waals surface area contributed by atoms with Crippen LogP contribution in [0.2, 0.25) is 5.02 Å². The van der Waals surface area contributed by atoms with Crippen LogP contribution in [0.4, 0.5) is 5.82 Å². The molecule has 0 aliphatic carbocycles. The zero-order valence-corrected chi connectivity index (χ0v) is 14.9. The standard InChI is InChI=1S/C17H21ClN4O.ClH/c18-15-4-1-14(2-5-15)12-22-16(8-10-20-22)21-17(23)6-3-13-7-9-19-11-13;/h1-2,4-5,8,10,13,19H,3,6-7,9,11-12H2,(H,21,23);1H. The number of benzene rings is 1. The van der Waals surface area contributed by atoms with Crippen LogP contribution in [-0.4, -0.2) is 28.8 Å². The Kier molecular flexibility index (Phi) is 7.09. The maximum Gasteiger partial charge on any atom is 0.225 e. The van der Waals surface area contributed by atoms with Gasteiger partial charge in [0.1, 0.15) is 5.82 Å². The van der Waals surface area contributed by atoms with Crippen LogP contribution in [-0.2, 0) is 11.3 Å². The number of hydrogen-bond donors (Lipinski definition) is 2. The van der Waals surface area contributed by atoms with Crippen molar-refractivity contribution in [2.24, 2.45) is 5.92 Å². The SMILES string of the molecule is Cl.O=C(CCC1CCNC1)Nc1ccnn1Cc1ccc(Cl)cc1. The van der Waals surface area contributed by atoms with Gasteiger partial charge in [-0.1, -0.05) is 23.7 Å². The topological polar surface area (TPSA) is 59.0 Å². The summed E-state index contributed by atoms with van der Waals surface area (Å²) in [6, 6.07) is 9.46. The van der Waals surface area contributed by atoms with Crippen LogP contribution in [0, 0.1) is 5.92 Å². The lowest BCUT2D eigenvalue weighted by Gasteiger charge is -2.11. The lowest BCUT2D eigenvalue weighted by atomic mass is 10.0. The number of carbonyl (C=O) groups is 1. The Labute approximate surface area is 153 Å². The van der Waals surface area contributed by atoms with E-state index in [1.165, 1.54) is 6.42 Å². The summed E-state index contributed by atoms with van der Waals surface area (Å²) in [4.78, 5) is 12.1. The summed E-state index contributed by atoms with van der Waals surface area (Å²) in [6.45, 7) is 2.70. The van der Waals surface area contributed by atoms with Gasteiger partial charge in [0.15, 0.2) is 0 Å². The highest BCUT2D eigenvalue weighted by Crippen LogP contribution is 2.16. The minimum Gasteiger partial charge on any atom is -0.316 e. The molecule has 0 spiro atoms. The average molecular weight is 369 g/mol. The highest BCUT2D eigenvalue weighted by molar-refractivity contribution is 6.30. The summed E-state index contributed by atoms with van der Waals surface area (Å²) in [5.74, 6) is 1.41. The first kappa shape index (κ1) is 18.8. The second kappa shape index (κ2) is 9.06. The van der Waals surface area contributed by atoms with E-state index in [2.05, 4.69) is 15.7 Å². The quantitative estimate of drug-likeness (QED) is 0.821. The van der Waals surface area contributed by atoms with Crippen molar-refractivity contribution < 1.29 is 4.79 Å². The van der Waals surface area contributed by atoms with Crippen molar-refractivity contribution in [2.75, 3.05) is 18.4 Å². The number of nitrogens with one attached hydrogen (secondary N) is 2. The molecule has 2 heterocycles. The molecule has 1 amide bonds. The summed E-state index contributed by atoms with van der Waals surface area (Å²) in [6.07, 6.45) is 4.36. The number of carbonyl (C=O) groups excluding carboxylic acids is 1. The number of hydrogen-bond acceptors (Lipinski definition) is 3. The largest absolute Gasteiger partial charge is 0.316 e. The van der Waals surface area contributed by atoms with Gasteiger partial charge in [-0.3, -0.25) is 4.79 Å². The van der Waals surface area contributed by atoms with E-state index >= 15 is 0 Å². The fraction of sp³-hybridized carbons (Fsp3) is 0.412. The Hall–Kier alpha value is -1.56. The Morgan fingerprint density at radius 1 is 1.33 bits per heavy atom. The highest BCUT2D eigenvalue weighted by atomic mass is 35.5. The van der Waals surface area contributed by atoms with Gasteiger partial charge in [0.05, 0.1) is 12.7 Å². The van der Waals surface area contributed by atoms with Gasteiger partial charge in [-0.05, 0) is 49.5 Å². The third kappa shape index (κ3) is 5.23. The summed E-state index contributed by atoms with van der Waals surface area (Å²) in [5, 5.41) is 11.3. The van der Waals surface area contributed by atoms with E-state index in [0.717, 1.165) is 30.9 Å². The minimum absolute atomic E-state index is 0. The normalized spacial score (nSPS) is 16.6. The maximum absolute atomic E-state index is 12.1. The van der Waals surface area contributed by atoms with Gasteiger partial charge >= 0.3 is 0 Å². The summed E-state index contributed by atoms with van der Waals surface area (Å²) in [7, 11) is 0. The summed E-state index contributed by atoms with van der Waals surface area (Å²) < 4.78 is 1.79. The fourth-order valence-corrected chi connectivity index (χ4v) is 2.95. The number of rotatable bonds is 6. The van der Waals surface area contributed by atoms with Crippen LogP contribution in [0.15, 0.2) is 36.5 Å². The highest BCUT2D eigenvalue weighted by Gasteiger charge is 2.16.